The first kappa shape index (κ1) is 18.2. The molecule has 1 saturated heterocycles. The molecule has 2 fully saturated rings. The molecule has 1 atom stereocenters. The van der Waals surface area contributed by atoms with Gasteiger partial charge in [0.05, 0.1) is 6.61 Å². The Kier molecular flexibility index (Phi) is 7.17. The van der Waals surface area contributed by atoms with Gasteiger partial charge in [-0.05, 0) is 56.4 Å². The van der Waals surface area contributed by atoms with Gasteiger partial charge in [-0.15, -0.1) is 0 Å². The van der Waals surface area contributed by atoms with Gasteiger partial charge in [-0.1, -0.05) is 27.7 Å². The van der Waals surface area contributed by atoms with E-state index in [1.165, 1.54) is 45.2 Å². The molecular weight excluding hydrogens is 272 g/mol. The summed E-state index contributed by atoms with van der Waals surface area (Å²) in [5, 5.41) is 9.86. The van der Waals surface area contributed by atoms with Crippen molar-refractivity contribution in [1.82, 2.24) is 9.80 Å². The zero-order valence-electron chi connectivity index (χ0n) is 15.3. The van der Waals surface area contributed by atoms with Gasteiger partial charge in [0.2, 0.25) is 0 Å². The smallest absolute Gasteiger partial charge is 0.0599 e. The van der Waals surface area contributed by atoms with Crippen LogP contribution in [0, 0.1) is 17.8 Å². The number of piperazine rings is 1. The Labute approximate surface area is 138 Å². The molecule has 0 aromatic carbocycles. The molecule has 1 saturated carbocycles. The van der Waals surface area contributed by atoms with E-state index in [4.69, 9.17) is 0 Å². The monoisotopic (exact) mass is 310 g/mol. The molecule has 2 rings (SSSR count). The second-order valence-corrected chi connectivity index (χ2v) is 8.37. The minimum atomic E-state index is 0.322. The summed E-state index contributed by atoms with van der Waals surface area (Å²) in [7, 11) is 0. The Morgan fingerprint density at radius 1 is 1.00 bits per heavy atom. The van der Waals surface area contributed by atoms with E-state index < -0.39 is 0 Å². The van der Waals surface area contributed by atoms with Crippen LogP contribution in [0.25, 0.3) is 0 Å². The molecule has 1 aliphatic heterocycles. The predicted molar refractivity (Wildman–Crippen MR) is 94.1 cm³/mol. The third-order valence-electron chi connectivity index (χ3n) is 6.00. The molecule has 3 heteroatoms. The largest absolute Gasteiger partial charge is 0.395 e. The minimum Gasteiger partial charge on any atom is -0.395 e. The molecule has 3 nitrogen and oxygen atoms in total. The van der Waals surface area contributed by atoms with Crippen LogP contribution in [0.5, 0.6) is 0 Å². The van der Waals surface area contributed by atoms with Gasteiger partial charge in [0.15, 0.2) is 0 Å². The number of rotatable bonds is 6. The highest BCUT2D eigenvalue weighted by Crippen LogP contribution is 2.33. The highest BCUT2D eigenvalue weighted by atomic mass is 16.3. The molecule has 0 aromatic rings. The quantitative estimate of drug-likeness (QED) is 0.816. The van der Waals surface area contributed by atoms with Crippen molar-refractivity contribution in [2.24, 2.45) is 17.8 Å². The molecule has 0 spiro atoms. The summed E-state index contributed by atoms with van der Waals surface area (Å²) in [4.78, 5) is 5.21. The van der Waals surface area contributed by atoms with Crippen LogP contribution in [0.3, 0.4) is 0 Å². The maximum Gasteiger partial charge on any atom is 0.0599 e. The maximum atomic E-state index is 9.86. The summed E-state index contributed by atoms with van der Waals surface area (Å²) in [5.74, 6) is 2.54. The number of hydrogen-bond donors (Lipinski definition) is 1. The molecule has 130 valence electrons. The van der Waals surface area contributed by atoms with Gasteiger partial charge < -0.3 is 10.0 Å². The summed E-state index contributed by atoms with van der Waals surface area (Å²) in [5.41, 5.74) is 0. The second-order valence-electron chi connectivity index (χ2n) is 8.37. The van der Waals surface area contributed by atoms with Gasteiger partial charge in [0.1, 0.15) is 0 Å². The Morgan fingerprint density at radius 2 is 1.68 bits per heavy atom. The highest BCUT2D eigenvalue weighted by Gasteiger charge is 2.34. The van der Waals surface area contributed by atoms with E-state index in [2.05, 4.69) is 37.5 Å². The van der Waals surface area contributed by atoms with E-state index in [-0.39, 0.29) is 0 Å². The van der Waals surface area contributed by atoms with Crippen molar-refractivity contribution < 1.29 is 5.11 Å². The Bertz CT molecular complexity index is 311. The van der Waals surface area contributed by atoms with E-state index in [1.54, 1.807) is 0 Å². The van der Waals surface area contributed by atoms with Crippen LogP contribution in [0.15, 0.2) is 0 Å². The summed E-state index contributed by atoms with van der Waals surface area (Å²) in [6, 6.07) is 1.08. The van der Waals surface area contributed by atoms with Crippen LogP contribution in [0.2, 0.25) is 0 Å². The van der Waals surface area contributed by atoms with E-state index in [0.717, 1.165) is 36.9 Å². The van der Waals surface area contributed by atoms with E-state index in [9.17, 15) is 5.11 Å². The van der Waals surface area contributed by atoms with Crippen LogP contribution >= 0.6 is 0 Å². The van der Waals surface area contributed by atoms with Gasteiger partial charge in [0.25, 0.3) is 0 Å². The number of aliphatic hydroxyl groups excluding tert-OH is 1. The van der Waals surface area contributed by atoms with Crippen LogP contribution in [0.1, 0.15) is 59.8 Å². The third kappa shape index (κ3) is 4.94. The van der Waals surface area contributed by atoms with Crippen molar-refractivity contribution in [3.05, 3.63) is 0 Å². The van der Waals surface area contributed by atoms with Gasteiger partial charge in [-0.2, -0.15) is 0 Å². The van der Waals surface area contributed by atoms with Crippen LogP contribution < -0.4 is 0 Å². The van der Waals surface area contributed by atoms with Crippen molar-refractivity contribution >= 4 is 0 Å². The fourth-order valence-corrected chi connectivity index (χ4v) is 4.32. The first-order valence-corrected chi connectivity index (χ1v) is 9.60. The lowest BCUT2D eigenvalue weighted by Gasteiger charge is -2.47. The average molecular weight is 311 g/mol. The molecule has 0 unspecified atom stereocenters. The van der Waals surface area contributed by atoms with E-state index in [1.807, 2.05) is 0 Å². The van der Waals surface area contributed by atoms with Gasteiger partial charge in [-0.25, -0.2) is 0 Å². The van der Waals surface area contributed by atoms with Crippen molar-refractivity contribution in [2.45, 2.75) is 71.9 Å². The lowest BCUT2D eigenvalue weighted by atomic mass is 9.79. The molecule has 1 aliphatic carbocycles. The standard InChI is InChI=1S/C19H38N2O/c1-15(2)9-10-20-11-12-21(19(13-20)14-22)18-7-5-17(6-8-18)16(3)4/h15-19,22H,5-14H2,1-4H3/t17?,18?,19-/m1/s1. The fraction of sp³-hybridized carbons (Fsp3) is 1.00. The van der Waals surface area contributed by atoms with Crippen LogP contribution in [-0.4, -0.2) is 59.8 Å². The molecule has 22 heavy (non-hydrogen) atoms. The summed E-state index contributed by atoms with van der Waals surface area (Å²) >= 11 is 0. The first-order chi connectivity index (χ1) is 10.5. The van der Waals surface area contributed by atoms with Crippen molar-refractivity contribution in [3.63, 3.8) is 0 Å². The normalized spacial score (nSPS) is 32.0. The van der Waals surface area contributed by atoms with Gasteiger partial charge in [0, 0.05) is 31.7 Å². The van der Waals surface area contributed by atoms with Crippen LogP contribution in [-0.2, 0) is 0 Å². The molecule has 0 amide bonds. The molecule has 2 aliphatic rings. The summed E-state index contributed by atoms with van der Waals surface area (Å²) in [6.45, 7) is 14.3. The topological polar surface area (TPSA) is 26.7 Å². The number of aliphatic hydroxyl groups is 1. The Hall–Kier alpha value is -0.120. The number of hydrogen-bond acceptors (Lipinski definition) is 3. The van der Waals surface area contributed by atoms with E-state index >= 15 is 0 Å². The zero-order valence-corrected chi connectivity index (χ0v) is 15.3. The molecule has 0 bridgehead atoms. The van der Waals surface area contributed by atoms with E-state index in [0.29, 0.717) is 12.6 Å². The van der Waals surface area contributed by atoms with Crippen molar-refractivity contribution in [1.29, 1.82) is 0 Å². The molecule has 0 radical (unpaired) electrons. The molecule has 0 aromatic heterocycles. The van der Waals surface area contributed by atoms with Crippen molar-refractivity contribution in [2.75, 3.05) is 32.8 Å². The molecular formula is C19H38N2O. The van der Waals surface area contributed by atoms with Crippen LogP contribution in [0.4, 0.5) is 0 Å². The lowest BCUT2D eigenvalue weighted by molar-refractivity contribution is -0.00583. The SMILES string of the molecule is CC(C)CCN1CCN(C2CCC(C(C)C)CC2)[C@@H](CO)C1. The predicted octanol–water partition coefficient (Wildman–Crippen LogP) is 3.23. The van der Waals surface area contributed by atoms with Gasteiger partial charge in [-0.3, -0.25) is 4.90 Å². The minimum absolute atomic E-state index is 0.322. The third-order valence-corrected chi connectivity index (χ3v) is 6.00. The average Bonchev–Trinajstić information content (AvgIpc) is 2.52. The fourth-order valence-electron chi connectivity index (χ4n) is 4.32. The maximum absolute atomic E-state index is 9.86. The van der Waals surface area contributed by atoms with Gasteiger partial charge >= 0.3 is 0 Å². The molecule has 1 heterocycles. The summed E-state index contributed by atoms with van der Waals surface area (Å²) < 4.78 is 0. The lowest BCUT2D eigenvalue weighted by Crippen LogP contribution is -2.58. The van der Waals surface area contributed by atoms with Crippen molar-refractivity contribution in [3.8, 4) is 0 Å². The first-order valence-electron chi connectivity index (χ1n) is 9.60. The second kappa shape index (κ2) is 8.65. The summed E-state index contributed by atoms with van der Waals surface area (Å²) in [6.07, 6.45) is 6.72. The highest BCUT2D eigenvalue weighted by molar-refractivity contribution is 4.89. The molecule has 1 N–H and O–H groups in total. The zero-order chi connectivity index (χ0) is 16.1. The Balaban J connectivity index is 1.82. The number of nitrogens with zero attached hydrogens (tertiary/aromatic N) is 2. The Morgan fingerprint density at radius 3 is 2.23 bits per heavy atom.